The number of nitrogen functional groups attached to an aromatic ring is 1. The number of alkyl halides is 3. The Kier molecular flexibility index (Phi) is 10.1. The minimum atomic E-state index is -5.08. The molecular weight excluding hydrogens is 637 g/mol. The molecule has 1 aliphatic carbocycles. The number of carbonyl (C=O) groups is 2. The number of nitrogens with one attached hydrogen (secondary N) is 2. The molecule has 3 aromatic carbocycles. The molecule has 10 nitrogen and oxygen atoms in total. The summed E-state index contributed by atoms with van der Waals surface area (Å²) in [4.78, 5) is 26.9. The molecular formula is C30H28ClF3N4O6S. The highest BCUT2D eigenvalue weighted by atomic mass is 35.5. The molecule has 1 heterocycles. The second kappa shape index (κ2) is 13.6. The van der Waals surface area contributed by atoms with Gasteiger partial charge in [-0.3, -0.25) is 4.79 Å². The molecule has 238 valence electrons. The van der Waals surface area contributed by atoms with Crippen LogP contribution in [0.1, 0.15) is 30.0 Å². The predicted molar refractivity (Wildman–Crippen MR) is 163 cm³/mol. The normalized spacial score (nSPS) is 13.7. The molecule has 1 atom stereocenters. The van der Waals surface area contributed by atoms with Crippen LogP contribution < -0.4 is 21.1 Å². The standard InChI is InChI=1S/C28H27ClN4O4S.C2HF3O2/c1-37-24-15-18(6-11-23(24)29)26(33-20-7-10-22-17(14-20)12-13-31-27(22)30)28(34)32-16-19-4-2-3-5-25(19)38(35,36)21-8-9-21;3-2(4,5)1(6)7/h2-7,10-15,21,26,33H,8-9,16H2,1H3,(H2,30,31)(H,32,34);(H,6,7). The molecule has 1 amide bonds. The van der Waals surface area contributed by atoms with Crippen molar-refractivity contribution in [2.24, 2.45) is 0 Å². The minimum Gasteiger partial charge on any atom is -0.495 e. The van der Waals surface area contributed by atoms with Gasteiger partial charge in [-0.25, -0.2) is 18.2 Å². The predicted octanol–water partition coefficient (Wildman–Crippen LogP) is 5.52. The number of rotatable bonds is 9. The number of aliphatic carboxylic acids is 1. The topological polar surface area (TPSA) is 161 Å². The van der Waals surface area contributed by atoms with Gasteiger partial charge in [-0.1, -0.05) is 35.9 Å². The Morgan fingerprint density at radius 2 is 1.80 bits per heavy atom. The number of methoxy groups -OCH3 is 1. The number of sulfone groups is 1. The summed E-state index contributed by atoms with van der Waals surface area (Å²) in [5.41, 5.74) is 7.85. The monoisotopic (exact) mass is 664 g/mol. The van der Waals surface area contributed by atoms with Crippen molar-refractivity contribution < 1.29 is 41.0 Å². The van der Waals surface area contributed by atoms with E-state index in [1.165, 1.54) is 7.11 Å². The molecule has 0 spiro atoms. The van der Waals surface area contributed by atoms with Gasteiger partial charge < -0.3 is 26.2 Å². The summed E-state index contributed by atoms with van der Waals surface area (Å²) >= 11 is 6.23. The summed E-state index contributed by atoms with van der Waals surface area (Å²) in [6.07, 6.45) is -2.12. The Morgan fingerprint density at radius 3 is 2.44 bits per heavy atom. The van der Waals surface area contributed by atoms with E-state index < -0.39 is 28.0 Å². The first kappa shape index (κ1) is 33.3. The first-order chi connectivity index (χ1) is 21.2. The lowest BCUT2D eigenvalue weighted by molar-refractivity contribution is -0.192. The summed E-state index contributed by atoms with van der Waals surface area (Å²) in [5.74, 6) is -2.25. The average molecular weight is 665 g/mol. The molecule has 1 unspecified atom stereocenters. The van der Waals surface area contributed by atoms with Gasteiger partial charge in [0.05, 0.1) is 22.3 Å². The van der Waals surface area contributed by atoms with Gasteiger partial charge in [0.25, 0.3) is 0 Å². The van der Waals surface area contributed by atoms with Crippen molar-refractivity contribution in [2.75, 3.05) is 18.2 Å². The Morgan fingerprint density at radius 1 is 1.11 bits per heavy atom. The van der Waals surface area contributed by atoms with Gasteiger partial charge in [-0.05, 0) is 71.8 Å². The summed E-state index contributed by atoms with van der Waals surface area (Å²) in [6.45, 7) is 0.0593. The number of carboxylic acid groups (broad SMARTS) is 1. The van der Waals surface area contributed by atoms with Gasteiger partial charge in [0.2, 0.25) is 5.91 Å². The first-order valence-corrected chi connectivity index (χ1v) is 15.3. The first-order valence-electron chi connectivity index (χ1n) is 13.4. The Balaban J connectivity index is 0.000000591. The zero-order valence-electron chi connectivity index (χ0n) is 23.6. The molecule has 1 aliphatic rings. The van der Waals surface area contributed by atoms with Crippen LogP contribution in [0.2, 0.25) is 5.02 Å². The lowest BCUT2D eigenvalue weighted by Crippen LogP contribution is -2.33. The van der Waals surface area contributed by atoms with Crippen molar-refractivity contribution in [3.8, 4) is 5.75 Å². The van der Waals surface area contributed by atoms with Crippen LogP contribution in [0.5, 0.6) is 5.75 Å². The third-order valence-electron chi connectivity index (χ3n) is 6.81. The molecule has 5 N–H and O–H groups in total. The maximum absolute atomic E-state index is 13.6. The van der Waals surface area contributed by atoms with Crippen molar-refractivity contribution in [1.82, 2.24) is 10.3 Å². The molecule has 0 aliphatic heterocycles. The van der Waals surface area contributed by atoms with E-state index in [0.29, 0.717) is 46.2 Å². The molecule has 0 radical (unpaired) electrons. The van der Waals surface area contributed by atoms with Gasteiger partial charge in [0, 0.05) is 23.8 Å². The number of aromatic nitrogens is 1. The van der Waals surface area contributed by atoms with Crippen molar-refractivity contribution >= 4 is 55.6 Å². The fourth-order valence-corrected chi connectivity index (χ4v) is 6.47. The van der Waals surface area contributed by atoms with Gasteiger partial charge in [-0.2, -0.15) is 13.2 Å². The van der Waals surface area contributed by atoms with Gasteiger partial charge in [0.1, 0.15) is 17.6 Å². The summed E-state index contributed by atoms with van der Waals surface area (Å²) in [6, 6.07) is 18.5. The average Bonchev–Trinajstić information content (AvgIpc) is 3.86. The van der Waals surface area contributed by atoms with E-state index in [1.807, 2.05) is 24.3 Å². The summed E-state index contributed by atoms with van der Waals surface area (Å²) in [7, 11) is -1.91. The maximum atomic E-state index is 13.6. The number of fused-ring (bicyclic) bond motifs is 1. The number of hydrogen-bond acceptors (Lipinski definition) is 8. The Hall–Kier alpha value is -4.56. The highest BCUT2D eigenvalue weighted by Crippen LogP contribution is 2.35. The van der Waals surface area contributed by atoms with Crippen molar-refractivity contribution in [1.29, 1.82) is 0 Å². The molecule has 0 bridgehead atoms. The quantitative estimate of drug-likeness (QED) is 0.181. The summed E-state index contributed by atoms with van der Waals surface area (Å²) in [5, 5.41) is 15.1. The van der Waals surface area contributed by atoms with E-state index in [1.54, 1.807) is 48.7 Å². The third-order valence-corrected chi connectivity index (χ3v) is 9.49. The number of carboxylic acids is 1. The Labute approximate surface area is 261 Å². The highest BCUT2D eigenvalue weighted by Gasteiger charge is 2.39. The second-order valence-electron chi connectivity index (χ2n) is 9.98. The summed E-state index contributed by atoms with van der Waals surface area (Å²) < 4.78 is 63.0. The van der Waals surface area contributed by atoms with Crippen molar-refractivity contribution in [3.05, 3.63) is 89.1 Å². The number of halogens is 4. The van der Waals surface area contributed by atoms with Crippen molar-refractivity contribution in [2.45, 2.75) is 41.7 Å². The number of ether oxygens (including phenoxy) is 1. The third kappa shape index (κ3) is 8.13. The van der Waals surface area contributed by atoms with Crippen LogP contribution >= 0.6 is 11.6 Å². The molecule has 4 aromatic rings. The van der Waals surface area contributed by atoms with E-state index >= 15 is 0 Å². The van der Waals surface area contributed by atoms with Crippen LogP contribution in [0.4, 0.5) is 24.7 Å². The van der Waals surface area contributed by atoms with E-state index in [-0.39, 0.29) is 22.6 Å². The van der Waals surface area contributed by atoms with Crippen LogP contribution in [0.15, 0.2) is 77.8 Å². The number of hydrogen-bond donors (Lipinski definition) is 4. The van der Waals surface area contributed by atoms with Gasteiger partial charge >= 0.3 is 12.1 Å². The molecule has 1 saturated carbocycles. The van der Waals surface area contributed by atoms with Gasteiger partial charge in [-0.15, -0.1) is 0 Å². The lowest BCUT2D eigenvalue weighted by atomic mass is 10.0. The Bertz CT molecular complexity index is 1830. The van der Waals surface area contributed by atoms with Crippen LogP contribution in [0.25, 0.3) is 10.8 Å². The second-order valence-corrected chi connectivity index (χ2v) is 12.6. The van der Waals surface area contributed by atoms with E-state index in [0.717, 1.165) is 10.8 Å². The number of benzene rings is 3. The lowest BCUT2D eigenvalue weighted by Gasteiger charge is -2.22. The zero-order valence-corrected chi connectivity index (χ0v) is 25.2. The van der Waals surface area contributed by atoms with Crippen LogP contribution in [-0.2, 0) is 26.0 Å². The molecule has 1 fully saturated rings. The number of carbonyl (C=O) groups excluding carboxylic acids is 1. The van der Waals surface area contributed by atoms with E-state index in [4.69, 9.17) is 32.0 Å². The van der Waals surface area contributed by atoms with Gasteiger partial charge in [0.15, 0.2) is 9.84 Å². The SMILES string of the molecule is COc1cc(C(Nc2ccc3c(N)nccc3c2)C(=O)NCc2ccccc2S(=O)(=O)C2CC2)ccc1Cl.O=C(O)C(F)(F)F. The largest absolute Gasteiger partial charge is 0.495 e. The number of nitrogens with two attached hydrogens (primary N) is 1. The highest BCUT2D eigenvalue weighted by molar-refractivity contribution is 7.92. The fraction of sp³-hybridized carbons (Fsp3) is 0.233. The number of anilines is 2. The maximum Gasteiger partial charge on any atom is 0.490 e. The molecule has 0 saturated heterocycles. The minimum absolute atomic E-state index is 0.0593. The van der Waals surface area contributed by atoms with E-state index in [9.17, 15) is 26.4 Å². The number of amides is 1. The smallest absolute Gasteiger partial charge is 0.490 e. The van der Waals surface area contributed by atoms with Crippen LogP contribution in [0.3, 0.4) is 0 Å². The molecule has 5 rings (SSSR count). The molecule has 15 heteroatoms. The molecule has 45 heavy (non-hydrogen) atoms. The number of pyridine rings is 1. The van der Waals surface area contributed by atoms with Crippen LogP contribution in [0, 0.1) is 0 Å². The number of nitrogens with zero attached hydrogens (tertiary/aromatic N) is 1. The molecule has 1 aromatic heterocycles. The fourth-order valence-electron chi connectivity index (χ4n) is 4.38. The van der Waals surface area contributed by atoms with Crippen LogP contribution in [-0.4, -0.2) is 48.9 Å². The van der Waals surface area contributed by atoms with E-state index in [2.05, 4.69) is 15.6 Å². The van der Waals surface area contributed by atoms with Crippen molar-refractivity contribution in [3.63, 3.8) is 0 Å². The zero-order chi connectivity index (χ0) is 32.9.